The third-order valence-electron chi connectivity index (χ3n) is 0.771. The SMILES string of the molecule is CC(C)(C)OC(=O)C(C)(O)Cl. The van der Waals surface area contributed by atoms with Crippen LogP contribution < -0.4 is 0 Å². The van der Waals surface area contributed by atoms with Crippen LogP contribution in [0.5, 0.6) is 0 Å². The van der Waals surface area contributed by atoms with Crippen molar-refractivity contribution in [1.29, 1.82) is 0 Å². The predicted molar refractivity (Wildman–Crippen MR) is 42.3 cm³/mol. The van der Waals surface area contributed by atoms with Gasteiger partial charge in [-0.05, 0) is 27.7 Å². The van der Waals surface area contributed by atoms with E-state index in [2.05, 4.69) is 0 Å². The Morgan fingerprint density at radius 1 is 1.36 bits per heavy atom. The summed E-state index contributed by atoms with van der Waals surface area (Å²) in [6, 6.07) is 0. The van der Waals surface area contributed by atoms with Crippen molar-refractivity contribution in [1.82, 2.24) is 0 Å². The molecular weight excluding hydrogens is 168 g/mol. The van der Waals surface area contributed by atoms with Crippen LogP contribution in [0.1, 0.15) is 27.7 Å². The third-order valence-corrected chi connectivity index (χ3v) is 0.926. The van der Waals surface area contributed by atoms with Gasteiger partial charge in [-0.15, -0.1) is 0 Å². The topological polar surface area (TPSA) is 46.5 Å². The second-order valence-corrected chi connectivity index (χ2v) is 4.19. The van der Waals surface area contributed by atoms with Gasteiger partial charge in [0.15, 0.2) is 0 Å². The molecule has 0 aromatic rings. The maximum atomic E-state index is 10.9. The highest BCUT2D eigenvalue weighted by Crippen LogP contribution is 2.16. The fraction of sp³-hybridized carbons (Fsp3) is 0.857. The molecule has 1 unspecified atom stereocenters. The van der Waals surface area contributed by atoms with Crippen LogP contribution in [0.2, 0.25) is 0 Å². The average Bonchev–Trinajstić information content (AvgIpc) is 1.56. The van der Waals surface area contributed by atoms with Crippen molar-refractivity contribution in [2.24, 2.45) is 0 Å². The van der Waals surface area contributed by atoms with Crippen LogP contribution in [0.15, 0.2) is 0 Å². The van der Waals surface area contributed by atoms with Gasteiger partial charge < -0.3 is 9.84 Å². The molecule has 0 bridgehead atoms. The number of aliphatic hydroxyl groups is 1. The molecule has 0 fully saturated rings. The number of alkyl halides is 1. The summed E-state index contributed by atoms with van der Waals surface area (Å²) >= 11 is 5.27. The zero-order chi connectivity index (χ0) is 9.28. The van der Waals surface area contributed by atoms with E-state index >= 15 is 0 Å². The summed E-state index contributed by atoms with van der Waals surface area (Å²) in [6.07, 6.45) is 0. The Labute approximate surface area is 71.3 Å². The van der Waals surface area contributed by atoms with Gasteiger partial charge in [0.05, 0.1) is 0 Å². The van der Waals surface area contributed by atoms with Gasteiger partial charge in [-0.25, -0.2) is 4.79 Å². The largest absolute Gasteiger partial charge is 0.457 e. The van der Waals surface area contributed by atoms with E-state index in [0.717, 1.165) is 0 Å². The standard InChI is InChI=1S/C7H13ClO3/c1-6(2,3)11-5(9)7(4,8)10/h10H,1-4H3. The van der Waals surface area contributed by atoms with Gasteiger partial charge in [0.1, 0.15) is 5.60 Å². The second kappa shape index (κ2) is 2.99. The predicted octanol–water partition coefficient (Wildman–Crippen LogP) is 1.28. The molecule has 1 N–H and O–H groups in total. The Kier molecular flexibility index (Phi) is 2.91. The summed E-state index contributed by atoms with van der Waals surface area (Å²) in [5.74, 6) is -0.827. The number of ether oxygens (including phenoxy) is 1. The van der Waals surface area contributed by atoms with Crippen molar-refractivity contribution >= 4 is 17.6 Å². The molecule has 11 heavy (non-hydrogen) atoms. The number of hydrogen-bond donors (Lipinski definition) is 1. The molecule has 0 spiro atoms. The first-order valence-corrected chi connectivity index (χ1v) is 3.65. The minimum absolute atomic E-state index is 0.615. The van der Waals surface area contributed by atoms with Crippen molar-refractivity contribution in [3.8, 4) is 0 Å². The van der Waals surface area contributed by atoms with E-state index in [1.165, 1.54) is 6.92 Å². The van der Waals surface area contributed by atoms with Gasteiger partial charge in [0, 0.05) is 0 Å². The van der Waals surface area contributed by atoms with Gasteiger partial charge in [-0.2, -0.15) is 0 Å². The molecule has 1 atom stereocenters. The third kappa shape index (κ3) is 5.04. The first-order chi connectivity index (χ1) is 4.63. The first-order valence-electron chi connectivity index (χ1n) is 3.27. The molecule has 66 valence electrons. The van der Waals surface area contributed by atoms with E-state index < -0.39 is 16.6 Å². The van der Waals surface area contributed by atoms with Gasteiger partial charge in [0.25, 0.3) is 0 Å². The van der Waals surface area contributed by atoms with E-state index in [4.69, 9.17) is 21.4 Å². The van der Waals surface area contributed by atoms with Crippen LogP contribution in [0.3, 0.4) is 0 Å². The normalized spacial score (nSPS) is 17.3. The Morgan fingerprint density at radius 2 is 1.73 bits per heavy atom. The van der Waals surface area contributed by atoms with Crippen LogP contribution >= 0.6 is 11.6 Å². The van der Waals surface area contributed by atoms with Crippen molar-refractivity contribution < 1.29 is 14.6 Å². The highest BCUT2D eigenvalue weighted by molar-refractivity contribution is 6.32. The molecule has 0 radical (unpaired) electrons. The monoisotopic (exact) mass is 180 g/mol. The summed E-state index contributed by atoms with van der Waals surface area (Å²) in [5.41, 5.74) is -0.615. The van der Waals surface area contributed by atoms with Crippen molar-refractivity contribution in [2.75, 3.05) is 0 Å². The van der Waals surface area contributed by atoms with Crippen LogP contribution in [-0.4, -0.2) is 21.7 Å². The van der Waals surface area contributed by atoms with Gasteiger partial charge in [-0.1, -0.05) is 11.6 Å². The highest BCUT2D eigenvalue weighted by atomic mass is 35.5. The fourth-order valence-electron chi connectivity index (χ4n) is 0.371. The second-order valence-electron chi connectivity index (χ2n) is 3.46. The molecule has 0 aromatic heterocycles. The molecule has 0 saturated heterocycles. The van der Waals surface area contributed by atoms with E-state index in [1.54, 1.807) is 20.8 Å². The van der Waals surface area contributed by atoms with Gasteiger partial charge in [0.2, 0.25) is 5.06 Å². The van der Waals surface area contributed by atoms with Crippen LogP contribution in [0.4, 0.5) is 0 Å². The maximum absolute atomic E-state index is 10.9. The molecule has 0 heterocycles. The smallest absolute Gasteiger partial charge is 0.354 e. The van der Waals surface area contributed by atoms with Crippen LogP contribution in [-0.2, 0) is 9.53 Å². The quantitative estimate of drug-likeness (QED) is 0.489. The lowest BCUT2D eigenvalue weighted by Gasteiger charge is -2.23. The molecular formula is C7H13ClO3. The summed E-state index contributed by atoms with van der Waals surface area (Å²) in [5, 5.41) is 7.02. The Balaban J connectivity index is 4.11. The molecule has 4 heteroatoms. The average molecular weight is 181 g/mol. The number of rotatable bonds is 1. The summed E-state index contributed by atoms with van der Waals surface area (Å²) in [6.45, 7) is 6.28. The van der Waals surface area contributed by atoms with Crippen molar-refractivity contribution in [3.63, 3.8) is 0 Å². The summed E-state index contributed by atoms with van der Waals surface area (Å²) < 4.78 is 4.78. The highest BCUT2D eigenvalue weighted by Gasteiger charge is 2.32. The maximum Gasteiger partial charge on any atom is 0.354 e. The fourth-order valence-corrected chi connectivity index (χ4v) is 0.410. The van der Waals surface area contributed by atoms with E-state index in [-0.39, 0.29) is 0 Å². The summed E-state index contributed by atoms with van der Waals surface area (Å²) in [7, 11) is 0. The number of carbonyl (C=O) groups is 1. The molecule has 3 nitrogen and oxygen atoms in total. The lowest BCUT2D eigenvalue weighted by atomic mass is 10.2. The van der Waals surface area contributed by atoms with Crippen molar-refractivity contribution in [2.45, 2.75) is 38.4 Å². The molecule has 0 aliphatic rings. The summed E-state index contributed by atoms with van der Waals surface area (Å²) in [4.78, 5) is 10.9. The minimum atomic E-state index is -1.92. The number of carbonyl (C=O) groups excluding carboxylic acids is 1. The van der Waals surface area contributed by atoms with Crippen LogP contribution in [0.25, 0.3) is 0 Å². The molecule has 0 saturated carbocycles. The zero-order valence-electron chi connectivity index (χ0n) is 7.14. The molecule has 0 aromatic carbocycles. The zero-order valence-corrected chi connectivity index (χ0v) is 7.90. The van der Waals surface area contributed by atoms with Gasteiger partial charge in [-0.3, -0.25) is 0 Å². The molecule has 0 rings (SSSR count). The lowest BCUT2D eigenvalue weighted by Crippen LogP contribution is -2.36. The first kappa shape index (κ1) is 10.7. The van der Waals surface area contributed by atoms with Crippen LogP contribution in [0, 0.1) is 0 Å². The number of hydrogen-bond acceptors (Lipinski definition) is 3. The minimum Gasteiger partial charge on any atom is -0.457 e. The Morgan fingerprint density at radius 3 is 1.82 bits per heavy atom. The number of halogens is 1. The molecule has 0 aliphatic carbocycles. The lowest BCUT2D eigenvalue weighted by molar-refractivity contribution is -0.167. The molecule has 0 aliphatic heterocycles. The van der Waals surface area contributed by atoms with E-state index in [1.807, 2.05) is 0 Å². The molecule has 0 amide bonds. The number of esters is 1. The van der Waals surface area contributed by atoms with E-state index in [0.29, 0.717) is 0 Å². The van der Waals surface area contributed by atoms with E-state index in [9.17, 15) is 4.79 Å². The Hall–Kier alpha value is -0.280. The van der Waals surface area contributed by atoms with Gasteiger partial charge >= 0.3 is 5.97 Å². The van der Waals surface area contributed by atoms with Crippen molar-refractivity contribution in [3.05, 3.63) is 0 Å². The Bertz CT molecular complexity index is 152.